The van der Waals surface area contributed by atoms with Crippen molar-refractivity contribution in [3.63, 3.8) is 0 Å². The Balaban J connectivity index is 1.96. The molecule has 3 nitrogen and oxygen atoms in total. The summed E-state index contributed by atoms with van der Waals surface area (Å²) in [5, 5.41) is 12.7. The summed E-state index contributed by atoms with van der Waals surface area (Å²) in [7, 11) is 0. The third-order valence-corrected chi connectivity index (χ3v) is 2.90. The summed E-state index contributed by atoms with van der Waals surface area (Å²) in [5.41, 5.74) is 0.726. The first-order valence-electron chi connectivity index (χ1n) is 5.07. The lowest BCUT2D eigenvalue weighted by Crippen LogP contribution is -2.11. The highest BCUT2D eigenvalue weighted by Crippen LogP contribution is 2.21. The monoisotopic (exact) mass is 299 g/mol. The molecule has 17 heavy (non-hydrogen) atoms. The molecule has 5 heteroatoms. The van der Waals surface area contributed by atoms with Crippen molar-refractivity contribution in [1.29, 1.82) is 0 Å². The first kappa shape index (κ1) is 12.1. The number of nitrogens with one attached hydrogen (secondary N) is 1. The molecule has 0 aliphatic heterocycles. The van der Waals surface area contributed by atoms with Crippen molar-refractivity contribution in [2.24, 2.45) is 0 Å². The number of aliphatic hydroxyl groups is 1. The van der Waals surface area contributed by atoms with Crippen LogP contribution in [0.3, 0.4) is 0 Å². The van der Waals surface area contributed by atoms with E-state index >= 15 is 0 Å². The Morgan fingerprint density at radius 1 is 1.41 bits per heavy atom. The maximum atomic E-state index is 13.0. The van der Waals surface area contributed by atoms with Gasteiger partial charge in [-0.3, -0.25) is 0 Å². The van der Waals surface area contributed by atoms with E-state index in [0.29, 0.717) is 16.8 Å². The number of benzene rings is 1. The van der Waals surface area contributed by atoms with E-state index in [1.54, 1.807) is 24.3 Å². The molecule has 1 atom stereocenters. The second kappa shape index (κ2) is 5.33. The summed E-state index contributed by atoms with van der Waals surface area (Å²) in [6.07, 6.45) is 0.779. The van der Waals surface area contributed by atoms with Crippen molar-refractivity contribution in [3.05, 3.63) is 52.6 Å². The Kier molecular flexibility index (Phi) is 3.81. The Bertz CT molecular complexity index is 487. The van der Waals surface area contributed by atoms with E-state index in [-0.39, 0.29) is 5.82 Å². The highest BCUT2D eigenvalue weighted by molar-refractivity contribution is 9.10. The minimum absolute atomic E-state index is 0.297. The van der Waals surface area contributed by atoms with Crippen molar-refractivity contribution in [2.45, 2.75) is 6.10 Å². The molecule has 2 aromatic rings. The lowest BCUT2D eigenvalue weighted by molar-refractivity contribution is 0.162. The van der Waals surface area contributed by atoms with Crippen LogP contribution in [-0.4, -0.2) is 11.7 Å². The summed E-state index contributed by atoms with van der Waals surface area (Å²) >= 11 is 3.10. The quantitative estimate of drug-likeness (QED) is 0.910. The van der Waals surface area contributed by atoms with E-state index in [2.05, 4.69) is 21.2 Å². The molecule has 0 aliphatic carbocycles. The Labute approximate surface area is 106 Å². The Morgan fingerprint density at radius 2 is 2.24 bits per heavy atom. The highest BCUT2D eigenvalue weighted by atomic mass is 79.9. The fourth-order valence-electron chi connectivity index (χ4n) is 1.40. The van der Waals surface area contributed by atoms with Crippen molar-refractivity contribution in [3.8, 4) is 0 Å². The standard InChI is InChI=1S/C12H11BrFNO2/c13-9-6-8(3-4-10(9)14)15-7-11(16)12-2-1-5-17-12/h1-6,11,15-16H,7H2. The van der Waals surface area contributed by atoms with E-state index in [4.69, 9.17) is 4.42 Å². The average Bonchev–Trinajstić information content (AvgIpc) is 2.84. The van der Waals surface area contributed by atoms with Crippen LogP contribution in [0.2, 0.25) is 0 Å². The molecule has 0 bridgehead atoms. The molecule has 1 heterocycles. The summed E-state index contributed by atoms with van der Waals surface area (Å²) < 4.78 is 18.4. The lowest BCUT2D eigenvalue weighted by atomic mass is 10.2. The van der Waals surface area contributed by atoms with Gasteiger partial charge < -0.3 is 14.8 Å². The van der Waals surface area contributed by atoms with Crippen molar-refractivity contribution in [1.82, 2.24) is 0 Å². The molecule has 90 valence electrons. The number of hydrogen-bond donors (Lipinski definition) is 2. The summed E-state index contributed by atoms with van der Waals surface area (Å²) in [5.74, 6) is 0.181. The number of halogens is 2. The Morgan fingerprint density at radius 3 is 2.88 bits per heavy atom. The summed E-state index contributed by atoms with van der Waals surface area (Å²) in [6.45, 7) is 0.297. The first-order valence-corrected chi connectivity index (χ1v) is 5.86. The second-order valence-electron chi connectivity index (χ2n) is 3.54. The van der Waals surface area contributed by atoms with Crippen molar-refractivity contribution >= 4 is 21.6 Å². The molecule has 1 aromatic heterocycles. The van der Waals surface area contributed by atoms with E-state index in [1.807, 2.05) is 0 Å². The van der Waals surface area contributed by atoms with E-state index in [1.165, 1.54) is 12.3 Å². The van der Waals surface area contributed by atoms with Gasteiger partial charge in [0.2, 0.25) is 0 Å². The zero-order valence-corrected chi connectivity index (χ0v) is 10.4. The van der Waals surface area contributed by atoms with Gasteiger partial charge >= 0.3 is 0 Å². The second-order valence-corrected chi connectivity index (χ2v) is 4.40. The fraction of sp³-hybridized carbons (Fsp3) is 0.167. The molecule has 0 saturated heterocycles. The Hall–Kier alpha value is -1.33. The van der Waals surface area contributed by atoms with Gasteiger partial charge in [-0.1, -0.05) is 0 Å². The van der Waals surface area contributed by atoms with Gasteiger partial charge in [0.25, 0.3) is 0 Å². The predicted molar refractivity (Wildman–Crippen MR) is 66.3 cm³/mol. The van der Waals surface area contributed by atoms with Gasteiger partial charge in [-0.2, -0.15) is 0 Å². The zero-order valence-electron chi connectivity index (χ0n) is 8.86. The fourth-order valence-corrected chi connectivity index (χ4v) is 1.78. The molecule has 1 aromatic carbocycles. The molecule has 0 saturated carbocycles. The van der Waals surface area contributed by atoms with Crippen LogP contribution < -0.4 is 5.32 Å². The van der Waals surface area contributed by atoms with Crippen LogP contribution in [0.25, 0.3) is 0 Å². The van der Waals surface area contributed by atoms with E-state index in [9.17, 15) is 9.50 Å². The number of furan rings is 1. The predicted octanol–water partition coefficient (Wildman–Crippen LogP) is 3.33. The minimum Gasteiger partial charge on any atom is -0.467 e. The summed E-state index contributed by atoms with van der Waals surface area (Å²) in [6, 6.07) is 7.99. The third kappa shape index (κ3) is 3.08. The topological polar surface area (TPSA) is 45.4 Å². The molecule has 0 spiro atoms. The normalized spacial score (nSPS) is 12.4. The van der Waals surface area contributed by atoms with Crippen LogP contribution >= 0.6 is 15.9 Å². The molecule has 2 N–H and O–H groups in total. The highest BCUT2D eigenvalue weighted by Gasteiger charge is 2.10. The summed E-state index contributed by atoms with van der Waals surface area (Å²) in [4.78, 5) is 0. The number of anilines is 1. The van der Waals surface area contributed by atoms with Crippen LogP contribution in [0, 0.1) is 5.82 Å². The van der Waals surface area contributed by atoms with Gasteiger partial charge in [0, 0.05) is 12.2 Å². The van der Waals surface area contributed by atoms with E-state index < -0.39 is 6.10 Å². The molecular formula is C12H11BrFNO2. The minimum atomic E-state index is -0.728. The van der Waals surface area contributed by atoms with Crippen molar-refractivity contribution in [2.75, 3.05) is 11.9 Å². The molecular weight excluding hydrogens is 289 g/mol. The molecule has 0 amide bonds. The largest absolute Gasteiger partial charge is 0.467 e. The van der Waals surface area contributed by atoms with Gasteiger partial charge in [-0.05, 0) is 46.3 Å². The molecule has 0 aliphatic rings. The lowest BCUT2D eigenvalue weighted by Gasteiger charge is -2.11. The van der Waals surface area contributed by atoms with Crippen LogP contribution in [0.1, 0.15) is 11.9 Å². The molecule has 1 unspecified atom stereocenters. The van der Waals surface area contributed by atoms with Gasteiger partial charge in [0.15, 0.2) is 0 Å². The molecule has 0 fully saturated rings. The van der Waals surface area contributed by atoms with Gasteiger partial charge in [0.05, 0.1) is 10.7 Å². The van der Waals surface area contributed by atoms with Gasteiger partial charge in [0.1, 0.15) is 17.7 Å². The van der Waals surface area contributed by atoms with Gasteiger partial charge in [-0.15, -0.1) is 0 Å². The zero-order chi connectivity index (χ0) is 12.3. The van der Waals surface area contributed by atoms with Crippen LogP contribution in [0.15, 0.2) is 45.5 Å². The third-order valence-electron chi connectivity index (χ3n) is 2.29. The SMILES string of the molecule is OC(CNc1ccc(F)c(Br)c1)c1ccco1. The first-order chi connectivity index (χ1) is 8.16. The number of aliphatic hydroxyl groups excluding tert-OH is 1. The van der Waals surface area contributed by atoms with Crippen LogP contribution in [0.4, 0.5) is 10.1 Å². The maximum Gasteiger partial charge on any atom is 0.137 e. The number of rotatable bonds is 4. The molecule has 2 rings (SSSR count). The van der Waals surface area contributed by atoms with Crippen molar-refractivity contribution < 1.29 is 13.9 Å². The molecule has 0 radical (unpaired) electrons. The van der Waals surface area contributed by atoms with Gasteiger partial charge in [-0.25, -0.2) is 4.39 Å². The smallest absolute Gasteiger partial charge is 0.137 e. The van der Waals surface area contributed by atoms with Crippen LogP contribution in [-0.2, 0) is 0 Å². The van der Waals surface area contributed by atoms with E-state index in [0.717, 1.165) is 5.69 Å². The van der Waals surface area contributed by atoms with Crippen LogP contribution in [0.5, 0.6) is 0 Å². The average molecular weight is 300 g/mol. The maximum absolute atomic E-state index is 13.0. The number of hydrogen-bond acceptors (Lipinski definition) is 3.